The SMILES string of the molecule is CN=S(=O)(/C=C1\CCCO1)c1ccccc1. The average Bonchev–Trinajstić information content (AvgIpc) is 2.83. The Morgan fingerprint density at radius 2 is 2.12 bits per heavy atom. The summed E-state index contributed by atoms with van der Waals surface area (Å²) in [4.78, 5) is 0.737. The van der Waals surface area contributed by atoms with Crippen molar-refractivity contribution in [3.8, 4) is 0 Å². The minimum absolute atomic E-state index is 0.722. The van der Waals surface area contributed by atoms with Crippen molar-refractivity contribution in [3.63, 3.8) is 0 Å². The van der Waals surface area contributed by atoms with E-state index >= 15 is 0 Å². The maximum atomic E-state index is 12.6. The molecule has 0 aliphatic carbocycles. The molecule has 1 fully saturated rings. The molecule has 0 radical (unpaired) electrons. The third-order valence-corrected chi connectivity index (χ3v) is 4.57. The van der Waals surface area contributed by atoms with Gasteiger partial charge in [-0.3, -0.25) is 0 Å². The first-order valence-electron chi connectivity index (χ1n) is 5.28. The summed E-state index contributed by atoms with van der Waals surface area (Å²) in [5, 5.41) is 1.68. The van der Waals surface area contributed by atoms with E-state index in [2.05, 4.69) is 4.36 Å². The van der Waals surface area contributed by atoms with Gasteiger partial charge < -0.3 is 4.74 Å². The standard InChI is InChI=1S/C12H15NO2S/c1-13-16(14,10-11-6-5-9-15-11)12-7-3-2-4-8-12/h2-4,7-8,10H,5-6,9H2,1H3/b11-10+. The van der Waals surface area contributed by atoms with Crippen molar-refractivity contribution in [1.29, 1.82) is 0 Å². The minimum Gasteiger partial charge on any atom is -0.497 e. The normalized spacial score (nSPS) is 21.4. The van der Waals surface area contributed by atoms with Gasteiger partial charge in [0.15, 0.2) is 0 Å². The Kier molecular flexibility index (Phi) is 3.29. The second kappa shape index (κ2) is 4.70. The zero-order valence-electron chi connectivity index (χ0n) is 9.26. The molecule has 16 heavy (non-hydrogen) atoms. The van der Waals surface area contributed by atoms with Crippen molar-refractivity contribution >= 4 is 9.73 Å². The lowest BCUT2D eigenvalue weighted by Crippen LogP contribution is -1.98. The summed E-state index contributed by atoms with van der Waals surface area (Å²) in [6.07, 6.45) is 1.86. The van der Waals surface area contributed by atoms with E-state index in [4.69, 9.17) is 4.74 Å². The van der Waals surface area contributed by atoms with E-state index in [0.717, 1.165) is 30.1 Å². The Balaban J connectivity index is 2.42. The van der Waals surface area contributed by atoms with Crippen molar-refractivity contribution < 1.29 is 8.95 Å². The quantitative estimate of drug-likeness (QED) is 0.793. The van der Waals surface area contributed by atoms with Gasteiger partial charge in [0.1, 0.15) is 5.76 Å². The Morgan fingerprint density at radius 1 is 1.38 bits per heavy atom. The lowest BCUT2D eigenvalue weighted by Gasteiger charge is -2.05. The number of rotatable bonds is 2. The van der Waals surface area contributed by atoms with Crippen LogP contribution in [0.3, 0.4) is 0 Å². The summed E-state index contributed by atoms with van der Waals surface area (Å²) in [5.41, 5.74) is 0. The fourth-order valence-corrected chi connectivity index (χ4v) is 3.18. The smallest absolute Gasteiger partial charge is 0.106 e. The van der Waals surface area contributed by atoms with E-state index in [0.29, 0.717) is 0 Å². The molecule has 0 N–H and O–H groups in total. The van der Waals surface area contributed by atoms with E-state index in [9.17, 15) is 4.21 Å². The maximum absolute atomic E-state index is 12.6. The van der Waals surface area contributed by atoms with Gasteiger partial charge in [-0.1, -0.05) is 18.2 Å². The molecule has 0 spiro atoms. The molecular weight excluding hydrogens is 222 g/mol. The van der Waals surface area contributed by atoms with Crippen LogP contribution in [0.1, 0.15) is 12.8 Å². The Labute approximate surface area is 96.3 Å². The van der Waals surface area contributed by atoms with E-state index < -0.39 is 9.73 Å². The van der Waals surface area contributed by atoms with Gasteiger partial charge in [-0.2, -0.15) is 0 Å². The van der Waals surface area contributed by atoms with Crippen molar-refractivity contribution in [2.45, 2.75) is 17.7 Å². The number of allylic oxidation sites excluding steroid dienone is 1. The van der Waals surface area contributed by atoms with Crippen molar-refractivity contribution in [2.75, 3.05) is 13.7 Å². The lowest BCUT2D eigenvalue weighted by molar-refractivity contribution is 0.264. The van der Waals surface area contributed by atoms with Crippen LogP contribution < -0.4 is 0 Å². The van der Waals surface area contributed by atoms with Crippen LogP contribution in [0.2, 0.25) is 0 Å². The number of nitrogens with zero attached hydrogens (tertiary/aromatic N) is 1. The van der Waals surface area contributed by atoms with Crippen LogP contribution in [0.25, 0.3) is 0 Å². The zero-order valence-corrected chi connectivity index (χ0v) is 10.1. The molecule has 1 aromatic rings. The van der Waals surface area contributed by atoms with Crippen molar-refractivity contribution in [2.24, 2.45) is 4.36 Å². The van der Waals surface area contributed by atoms with Crippen LogP contribution >= 0.6 is 0 Å². The predicted molar refractivity (Wildman–Crippen MR) is 64.5 cm³/mol. The van der Waals surface area contributed by atoms with Gasteiger partial charge >= 0.3 is 0 Å². The summed E-state index contributed by atoms with van der Waals surface area (Å²) in [7, 11) is -0.866. The molecule has 1 saturated heterocycles. The number of hydrogen-bond acceptors (Lipinski definition) is 3. The number of benzene rings is 1. The minimum atomic E-state index is -2.45. The number of ether oxygens (including phenoxy) is 1. The first-order chi connectivity index (χ1) is 7.74. The topological polar surface area (TPSA) is 38.7 Å². The van der Waals surface area contributed by atoms with Crippen LogP contribution in [0.4, 0.5) is 0 Å². The van der Waals surface area contributed by atoms with Crippen LogP contribution in [0.15, 0.2) is 50.8 Å². The molecule has 0 aromatic heterocycles. The first-order valence-corrected chi connectivity index (χ1v) is 6.86. The molecule has 3 nitrogen and oxygen atoms in total. The van der Waals surface area contributed by atoms with E-state index in [1.54, 1.807) is 12.5 Å². The van der Waals surface area contributed by atoms with Gasteiger partial charge in [0.2, 0.25) is 0 Å². The summed E-state index contributed by atoms with van der Waals surface area (Å²) >= 11 is 0. The molecule has 1 unspecified atom stereocenters. The van der Waals surface area contributed by atoms with Gasteiger partial charge in [0.25, 0.3) is 0 Å². The maximum Gasteiger partial charge on any atom is 0.106 e. The van der Waals surface area contributed by atoms with Crippen molar-refractivity contribution in [1.82, 2.24) is 0 Å². The largest absolute Gasteiger partial charge is 0.497 e. The number of hydrogen-bond donors (Lipinski definition) is 0. The van der Waals surface area contributed by atoms with Crippen LogP contribution in [-0.2, 0) is 14.5 Å². The van der Waals surface area contributed by atoms with E-state index in [-0.39, 0.29) is 0 Å². The molecule has 1 heterocycles. The highest BCUT2D eigenvalue weighted by Gasteiger charge is 2.14. The molecule has 1 atom stereocenters. The Morgan fingerprint density at radius 3 is 2.69 bits per heavy atom. The van der Waals surface area contributed by atoms with Crippen LogP contribution in [0.5, 0.6) is 0 Å². The first kappa shape index (κ1) is 11.2. The summed E-state index contributed by atoms with van der Waals surface area (Å²) in [6, 6.07) is 9.31. The fraction of sp³-hybridized carbons (Fsp3) is 0.333. The summed E-state index contributed by atoms with van der Waals surface area (Å²) < 4.78 is 22.0. The molecule has 0 amide bonds. The summed E-state index contributed by atoms with van der Waals surface area (Å²) in [5.74, 6) is 0.805. The molecule has 1 aromatic carbocycles. The molecule has 1 aliphatic heterocycles. The Bertz CT molecular complexity index is 491. The molecule has 86 valence electrons. The highest BCUT2D eigenvalue weighted by molar-refractivity contribution is 7.96. The third-order valence-electron chi connectivity index (χ3n) is 2.50. The predicted octanol–water partition coefficient (Wildman–Crippen LogP) is 2.80. The van der Waals surface area contributed by atoms with Crippen molar-refractivity contribution in [3.05, 3.63) is 41.5 Å². The molecule has 0 bridgehead atoms. The Hall–Kier alpha value is -1.29. The molecule has 4 heteroatoms. The van der Waals surface area contributed by atoms with Gasteiger partial charge in [-0.15, -0.1) is 0 Å². The molecular formula is C12H15NO2S. The van der Waals surface area contributed by atoms with E-state index in [1.807, 2.05) is 30.3 Å². The monoisotopic (exact) mass is 237 g/mol. The second-order valence-corrected chi connectivity index (χ2v) is 5.81. The van der Waals surface area contributed by atoms with Gasteiger partial charge in [0.05, 0.1) is 26.6 Å². The fourth-order valence-electron chi connectivity index (χ4n) is 1.63. The highest BCUT2D eigenvalue weighted by Crippen LogP contribution is 2.22. The van der Waals surface area contributed by atoms with Gasteiger partial charge in [-0.05, 0) is 18.6 Å². The third kappa shape index (κ3) is 2.27. The lowest BCUT2D eigenvalue weighted by atomic mass is 10.3. The van der Waals surface area contributed by atoms with E-state index in [1.165, 1.54) is 0 Å². The molecule has 0 saturated carbocycles. The van der Waals surface area contributed by atoms with Gasteiger partial charge in [0, 0.05) is 13.5 Å². The summed E-state index contributed by atoms with van der Waals surface area (Å²) in [6.45, 7) is 0.722. The average molecular weight is 237 g/mol. The highest BCUT2D eigenvalue weighted by atomic mass is 32.2. The molecule has 1 aliphatic rings. The second-order valence-electron chi connectivity index (χ2n) is 3.60. The van der Waals surface area contributed by atoms with Crippen LogP contribution in [-0.4, -0.2) is 17.9 Å². The molecule has 2 rings (SSSR count). The zero-order chi connectivity index (χ0) is 11.4. The van der Waals surface area contributed by atoms with Crippen LogP contribution in [0, 0.1) is 0 Å². The van der Waals surface area contributed by atoms with Gasteiger partial charge in [-0.25, -0.2) is 8.57 Å².